The van der Waals surface area contributed by atoms with E-state index in [1.807, 2.05) is 25.1 Å². The second-order valence-electron chi connectivity index (χ2n) is 7.34. The Bertz CT molecular complexity index is 1140. The summed E-state index contributed by atoms with van der Waals surface area (Å²) in [7, 11) is 0. The molecule has 162 valence electrons. The maximum Gasteiger partial charge on any atom is 0.336 e. The lowest BCUT2D eigenvalue weighted by atomic mass is 10.0. The second kappa shape index (κ2) is 9.93. The van der Waals surface area contributed by atoms with E-state index in [4.69, 9.17) is 9.15 Å². The number of nitrogens with one attached hydrogen (secondary N) is 1. The number of ether oxygens (including phenoxy) is 1. The number of carboxylic acid groups (broad SMARTS) is 1. The van der Waals surface area contributed by atoms with Crippen molar-refractivity contribution in [3.8, 4) is 5.75 Å². The smallest absolute Gasteiger partial charge is 0.336 e. The fraction of sp³-hybridized carbons (Fsp3) is 0.292. The maximum absolute atomic E-state index is 12.3. The van der Waals surface area contributed by atoms with E-state index in [2.05, 4.69) is 5.32 Å². The number of hydrogen-bond donors (Lipinski definition) is 2. The van der Waals surface area contributed by atoms with Crippen LogP contribution in [0.25, 0.3) is 11.0 Å². The van der Waals surface area contributed by atoms with Crippen molar-refractivity contribution >= 4 is 22.8 Å². The van der Waals surface area contributed by atoms with Crippen LogP contribution >= 0.6 is 0 Å². The number of aliphatic carboxylic acids is 1. The van der Waals surface area contributed by atoms with E-state index >= 15 is 0 Å². The average Bonchev–Trinajstić information content (AvgIpc) is 2.74. The summed E-state index contributed by atoms with van der Waals surface area (Å²) in [5, 5.41) is 12.8. The van der Waals surface area contributed by atoms with Gasteiger partial charge in [-0.05, 0) is 36.6 Å². The fourth-order valence-corrected chi connectivity index (χ4v) is 3.47. The molecule has 0 bridgehead atoms. The van der Waals surface area contributed by atoms with Crippen molar-refractivity contribution < 1.29 is 23.8 Å². The van der Waals surface area contributed by atoms with Gasteiger partial charge in [-0.3, -0.25) is 4.79 Å². The zero-order chi connectivity index (χ0) is 22.4. The van der Waals surface area contributed by atoms with Gasteiger partial charge in [-0.25, -0.2) is 9.59 Å². The third-order valence-corrected chi connectivity index (χ3v) is 4.99. The molecule has 1 heterocycles. The Labute approximate surface area is 179 Å². The molecule has 7 heteroatoms. The molecule has 0 radical (unpaired) electrons. The Morgan fingerprint density at radius 1 is 1.16 bits per heavy atom. The number of rotatable bonds is 9. The van der Waals surface area contributed by atoms with Crippen molar-refractivity contribution in [2.24, 2.45) is 0 Å². The Balaban J connectivity index is 1.71. The summed E-state index contributed by atoms with van der Waals surface area (Å²) < 4.78 is 11.0. The highest BCUT2D eigenvalue weighted by Gasteiger charge is 2.21. The van der Waals surface area contributed by atoms with Gasteiger partial charge in [0.05, 0.1) is 0 Å². The lowest BCUT2D eigenvalue weighted by Crippen LogP contribution is -2.44. The number of benzene rings is 2. The summed E-state index contributed by atoms with van der Waals surface area (Å²) in [4.78, 5) is 35.8. The number of hydrogen-bond acceptors (Lipinski definition) is 5. The molecular formula is C24H25NO6. The van der Waals surface area contributed by atoms with Crippen molar-refractivity contribution in [2.45, 2.75) is 39.2 Å². The minimum absolute atomic E-state index is 0.169. The number of carboxylic acids is 1. The zero-order valence-electron chi connectivity index (χ0n) is 17.5. The summed E-state index contributed by atoms with van der Waals surface area (Å²) >= 11 is 0. The van der Waals surface area contributed by atoms with Crippen LogP contribution in [-0.4, -0.2) is 29.6 Å². The van der Waals surface area contributed by atoms with Crippen LogP contribution in [0.15, 0.2) is 57.7 Å². The van der Waals surface area contributed by atoms with Crippen LogP contribution in [0.3, 0.4) is 0 Å². The van der Waals surface area contributed by atoms with Gasteiger partial charge in [-0.15, -0.1) is 0 Å². The van der Waals surface area contributed by atoms with Gasteiger partial charge in [0.1, 0.15) is 17.4 Å². The first-order chi connectivity index (χ1) is 14.9. The molecule has 2 aromatic carbocycles. The molecule has 0 saturated carbocycles. The molecule has 0 aliphatic carbocycles. The van der Waals surface area contributed by atoms with Crippen molar-refractivity contribution in [3.05, 3.63) is 75.6 Å². The van der Waals surface area contributed by atoms with Gasteiger partial charge in [0.15, 0.2) is 6.61 Å². The molecule has 31 heavy (non-hydrogen) atoms. The second-order valence-corrected chi connectivity index (χ2v) is 7.34. The van der Waals surface area contributed by atoms with Crippen molar-refractivity contribution in [1.82, 2.24) is 5.32 Å². The Morgan fingerprint density at radius 3 is 2.58 bits per heavy atom. The normalized spacial score (nSPS) is 11.8. The van der Waals surface area contributed by atoms with Crippen LogP contribution in [0.1, 0.15) is 30.0 Å². The molecular weight excluding hydrogens is 398 g/mol. The quantitative estimate of drug-likeness (QED) is 0.512. The Kier molecular flexibility index (Phi) is 7.07. The maximum atomic E-state index is 12.3. The Hall–Kier alpha value is -3.61. The topological polar surface area (TPSA) is 106 Å². The number of amides is 1. The van der Waals surface area contributed by atoms with Gasteiger partial charge >= 0.3 is 11.6 Å². The minimum Gasteiger partial charge on any atom is -0.483 e. The van der Waals surface area contributed by atoms with E-state index < -0.39 is 23.5 Å². The van der Waals surface area contributed by atoms with Crippen molar-refractivity contribution in [2.75, 3.05) is 6.61 Å². The molecule has 3 aromatic rings. The molecule has 3 rings (SSSR count). The Morgan fingerprint density at radius 2 is 1.90 bits per heavy atom. The molecule has 0 fully saturated rings. The standard InChI is InChI=1S/C24H25NO6/c1-3-7-17-13-22(27)31-23-15(2)20(11-10-18(17)23)30-14-21(26)25-19(24(28)29)12-16-8-5-4-6-9-16/h4-6,8-11,13,19H,3,7,12,14H2,1-2H3,(H,25,26)(H,28,29)/t19-/m0/s1. The molecule has 1 aromatic heterocycles. The molecule has 2 N–H and O–H groups in total. The first-order valence-corrected chi connectivity index (χ1v) is 10.1. The van der Waals surface area contributed by atoms with Crippen LogP contribution in [0.4, 0.5) is 0 Å². The number of fused-ring (bicyclic) bond motifs is 1. The predicted octanol–water partition coefficient (Wildman–Crippen LogP) is 3.24. The summed E-state index contributed by atoms with van der Waals surface area (Å²) in [6, 6.07) is 13.0. The number of aryl methyl sites for hydroxylation is 2. The zero-order valence-corrected chi connectivity index (χ0v) is 17.5. The van der Waals surface area contributed by atoms with Gasteiger partial charge < -0.3 is 19.6 Å². The van der Waals surface area contributed by atoms with Crippen LogP contribution < -0.4 is 15.7 Å². The third-order valence-electron chi connectivity index (χ3n) is 4.99. The first-order valence-electron chi connectivity index (χ1n) is 10.1. The molecule has 1 amide bonds. The number of carbonyl (C=O) groups excluding carboxylic acids is 1. The van der Waals surface area contributed by atoms with Crippen LogP contribution in [0.2, 0.25) is 0 Å². The molecule has 0 aliphatic heterocycles. The van der Waals surface area contributed by atoms with E-state index in [1.54, 1.807) is 31.2 Å². The van der Waals surface area contributed by atoms with E-state index in [1.165, 1.54) is 6.07 Å². The average molecular weight is 423 g/mol. The van der Waals surface area contributed by atoms with Crippen molar-refractivity contribution in [1.29, 1.82) is 0 Å². The van der Waals surface area contributed by atoms with Crippen molar-refractivity contribution in [3.63, 3.8) is 0 Å². The van der Waals surface area contributed by atoms with Crippen LogP contribution in [0.5, 0.6) is 5.75 Å². The molecule has 7 nitrogen and oxygen atoms in total. The molecule has 0 spiro atoms. The third kappa shape index (κ3) is 5.51. The van der Waals surface area contributed by atoms with Crippen LogP contribution in [0, 0.1) is 6.92 Å². The van der Waals surface area contributed by atoms with Gasteiger partial charge in [0, 0.05) is 23.4 Å². The molecule has 0 saturated heterocycles. The highest BCUT2D eigenvalue weighted by Crippen LogP contribution is 2.28. The summed E-state index contributed by atoms with van der Waals surface area (Å²) in [6.07, 6.45) is 1.81. The molecule has 0 unspecified atom stereocenters. The van der Waals surface area contributed by atoms with Gasteiger partial charge in [-0.1, -0.05) is 43.7 Å². The number of carbonyl (C=O) groups is 2. The van der Waals surface area contributed by atoms with Gasteiger partial charge in [0.25, 0.3) is 5.91 Å². The first kappa shape index (κ1) is 22.1. The van der Waals surface area contributed by atoms with E-state index in [0.717, 1.165) is 29.4 Å². The van der Waals surface area contributed by atoms with Crippen LogP contribution in [-0.2, 0) is 22.4 Å². The van der Waals surface area contributed by atoms with E-state index in [9.17, 15) is 19.5 Å². The summed E-state index contributed by atoms with van der Waals surface area (Å²) in [5.41, 5.74) is 2.32. The SMILES string of the molecule is CCCc1cc(=O)oc2c(C)c(OCC(=O)N[C@@H](Cc3ccccc3)C(=O)O)ccc12. The lowest BCUT2D eigenvalue weighted by Gasteiger charge is -2.16. The van der Waals surface area contributed by atoms with E-state index in [0.29, 0.717) is 16.9 Å². The lowest BCUT2D eigenvalue weighted by molar-refractivity contribution is -0.142. The largest absolute Gasteiger partial charge is 0.483 e. The minimum atomic E-state index is -1.12. The summed E-state index contributed by atoms with van der Waals surface area (Å²) in [6.45, 7) is 3.43. The van der Waals surface area contributed by atoms with E-state index in [-0.39, 0.29) is 13.0 Å². The highest BCUT2D eigenvalue weighted by atomic mass is 16.5. The van der Waals surface area contributed by atoms with Gasteiger partial charge in [-0.2, -0.15) is 0 Å². The monoisotopic (exact) mass is 423 g/mol. The summed E-state index contributed by atoms with van der Waals surface area (Å²) in [5.74, 6) is -1.28. The fourth-order valence-electron chi connectivity index (χ4n) is 3.47. The highest BCUT2D eigenvalue weighted by molar-refractivity contribution is 5.86. The van der Waals surface area contributed by atoms with Gasteiger partial charge in [0.2, 0.25) is 0 Å². The molecule has 0 aliphatic rings. The predicted molar refractivity (Wildman–Crippen MR) is 116 cm³/mol. The molecule has 1 atom stereocenters.